The van der Waals surface area contributed by atoms with Gasteiger partial charge in [0.05, 0.1) is 13.4 Å². The Morgan fingerprint density at radius 1 is 0.846 bits per heavy atom. The second-order valence-corrected chi connectivity index (χ2v) is 12.6. The number of hydrogen-bond donors (Lipinski definition) is 2. The first kappa shape index (κ1) is 37.6. The molecule has 6 atom stereocenters. The van der Waals surface area contributed by atoms with Gasteiger partial charge < -0.3 is 29.6 Å². The molecule has 274 valence electrons. The molecule has 15 heteroatoms. The standard InChI is InChI=1S/C37H42N6O9/c1-22(44)41-28(37(48)49-4)18-17-26(16-15-25-11-7-5-8-12-25)19-29-31(50-23(2)45)32(51-24(3)46)36(52-29)43-21-40-30-33(38-20-39-34(30)43)42-35(47)27-13-9-6-10-14-27/h5-14,20-21,26,28-29,31-32,36H,15-19H2,1-4H3,(H,41,44)(H,38,39,42,47)/t26-,28-,29+,31-,32?,36+/m0/s1. The molecule has 0 spiro atoms. The van der Waals surface area contributed by atoms with E-state index < -0.39 is 54.4 Å². The molecule has 3 heterocycles. The summed E-state index contributed by atoms with van der Waals surface area (Å²) in [5, 5.41) is 5.44. The highest BCUT2D eigenvalue weighted by atomic mass is 16.6. The molecule has 5 rings (SSSR count). The monoisotopic (exact) mass is 714 g/mol. The minimum atomic E-state index is -1.10. The molecule has 1 fully saturated rings. The van der Waals surface area contributed by atoms with E-state index in [9.17, 15) is 24.0 Å². The molecule has 4 aromatic rings. The van der Waals surface area contributed by atoms with Gasteiger partial charge in [-0.2, -0.15) is 0 Å². The van der Waals surface area contributed by atoms with Gasteiger partial charge in [-0.1, -0.05) is 48.5 Å². The maximum Gasteiger partial charge on any atom is 0.328 e. The largest absolute Gasteiger partial charge is 0.467 e. The number of anilines is 1. The molecule has 52 heavy (non-hydrogen) atoms. The van der Waals surface area contributed by atoms with Crippen LogP contribution in [0.2, 0.25) is 0 Å². The van der Waals surface area contributed by atoms with E-state index in [1.807, 2.05) is 30.3 Å². The Morgan fingerprint density at radius 2 is 1.52 bits per heavy atom. The molecule has 2 N–H and O–H groups in total. The number of hydrogen-bond acceptors (Lipinski definition) is 12. The number of carbonyl (C=O) groups is 5. The number of ether oxygens (including phenoxy) is 4. The van der Waals surface area contributed by atoms with Crippen LogP contribution in [-0.4, -0.2) is 80.7 Å². The van der Waals surface area contributed by atoms with Crippen LogP contribution >= 0.6 is 0 Å². The molecule has 1 unspecified atom stereocenters. The Balaban J connectivity index is 1.45. The molecule has 0 radical (unpaired) electrons. The van der Waals surface area contributed by atoms with E-state index in [1.165, 1.54) is 40.5 Å². The highest BCUT2D eigenvalue weighted by Gasteiger charge is 2.51. The highest BCUT2D eigenvalue weighted by Crippen LogP contribution is 2.39. The average molecular weight is 715 g/mol. The number of amides is 2. The molecule has 2 amide bonds. The Bertz CT molecular complexity index is 1870. The summed E-state index contributed by atoms with van der Waals surface area (Å²) in [6.07, 6.45) is 1.26. The molecule has 2 aromatic carbocycles. The van der Waals surface area contributed by atoms with Gasteiger partial charge in [-0.3, -0.25) is 23.7 Å². The summed E-state index contributed by atoms with van der Waals surface area (Å²) in [5.74, 6) is -2.49. The van der Waals surface area contributed by atoms with E-state index in [-0.39, 0.29) is 35.2 Å². The lowest BCUT2D eigenvalue weighted by Crippen LogP contribution is -2.41. The van der Waals surface area contributed by atoms with Crippen molar-refractivity contribution in [2.75, 3.05) is 12.4 Å². The van der Waals surface area contributed by atoms with Gasteiger partial charge >= 0.3 is 17.9 Å². The normalized spacial score (nSPS) is 19.3. The zero-order valence-corrected chi connectivity index (χ0v) is 29.4. The SMILES string of the molecule is COC(=O)[C@H](CC[C@H](CCc1ccccc1)C[C@H]1O[C@@H](n2cnc3c(NC(=O)c4ccccc4)ncnc32)C(OC(C)=O)[C@H]1OC(C)=O)NC(C)=O. The molecular formula is C37H42N6O9. The quantitative estimate of drug-likeness (QED) is 0.134. The van der Waals surface area contributed by atoms with Crippen molar-refractivity contribution >= 4 is 46.7 Å². The second kappa shape index (κ2) is 17.5. The Morgan fingerprint density at radius 3 is 2.17 bits per heavy atom. The topological polar surface area (TPSA) is 190 Å². The van der Waals surface area contributed by atoms with Crippen molar-refractivity contribution in [3.63, 3.8) is 0 Å². The molecule has 15 nitrogen and oxygen atoms in total. The number of aromatic nitrogens is 4. The van der Waals surface area contributed by atoms with Crippen molar-refractivity contribution in [2.24, 2.45) is 5.92 Å². The van der Waals surface area contributed by atoms with E-state index in [0.717, 1.165) is 5.56 Å². The van der Waals surface area contributed by atoms with Crippen LogP contribution in [0.3, 0.4) is 0 Å². The zero-order chi connectivity index (χ0) is 37.2. The number of fused-ring (bicyclic) bond motifs is 1. The number of aryl methyl sites for hydroxylation is 1. The lowest BCUT2D eigenvalue weighted by Gasteiger charge is -2.26. The second-order valence-electron chi connectivity index (χ2n) is 12.6. The molecule has 1 saturated heterocycles. The van der Waals surface area contributed by atoms with Crippen LogP contribution in [0.25, 0.3) is 11.2 Å². The van der Waals surface area contributed by atoms with Crippen LogP contribution in [0, 0.1) is 5.92 Å². The molecule has 1 aliphatic heterocycles. The van der Waals surface area contributed by atoms with Crippen molar-refractivity contribution in [3.05, 3.63) is 84.4 Å². The van der Waals surface area contributed by atoms with Crippen molar-refractivity contribution in [2.45, 2.75) is 83.5 Å². The summed E-state index contributed by atoms with van der Waals surface area (Å²) < 4.78 is 24.7. The minimum Gasteiger partial charge on any atom is -0.467 e. The van der Waals surface area contributed by atoms with E-state index in [0.29, 0.717) is 31.2 Å². The van der Waals surface area contributed by atoms with Gasteiger partial charge in [0.2, 0.25) is 5.91 Å². The van der Waals surface area contributed by atoms with Gasteiger partial charge in [0.1, 0.15) is 18.5 Å². The number of esters is 3. The predicted octanol–water partition coefficient (Wildman–Crippen LogP) is 3.94. The smallest absolute Gasteiger partial charge is 0.328 e. The van der Waals surface area contributed by atoms with E-state index >= 15 is 0 Å². The van der Waals surface area contributed by atoms with Gasteiger partial charge in [0.15, 0.2) is 35.4 Å². The third-order valence-electron chi connectivity index (χ3n) is 8.77. The number of methoxy groups -OCH3 is 1. The van der Waals surface area contributed by atoms with Crippen LogP contribution in [0.5, 0.6) is 0 Å². The first-order chi connectivity index (χ1) is 25.0. The first-order valence-corrected chi connectivity index (χ1v) is 17.0. The third kappa shape index (κ3) is 9.54. The van der Waals surface area contributed by atoms with Gasteiger partial charge in [0.25, 0.3) is 5.91 Å². The summed E-state index contributed by atoms with van der Waals surface area (Å²) in [5.41, 5.74) is 2.07. The van der Waals surface area contributed by atoms with Crippen LogP contribution in [0.15, 0.2) is 73.3 Å². The number of nitrogens with one attached hydrogen (secondary N) is 2. The number of nitrogens with zero attached hydrogens (tertiary/aromatic N) is 4. The maximum absolute atomic E-state index is 12.9. The fourth-order valence-electron chi connectivity index (χ4n) is 6.43. The van der Waals surface area contributed by atoms with Gasteiger partial charge in [-0.15, -0.1) is 0 Å². The predicted molar refractivity (Wildman–Crippen MR) is 186 cm³/mol. The molecule has 2 aromatic heterocycles. The molecule has 0 aliphatic carbocycles. The summed E-state index contributed by atoms with van der Waals surface area (Å²) in [4.78, 5) is 75.4. The van der Waals surface area contributed by atoms with Crippen molar-refractivity contribution in [3.8, 4) is 0 Å². The van der Waals surface area contributed by atoms with Crippen LogP contribution < -0.4 is 10.6 Å². The number of rotatable bonds is 15. The summed E-state index contributed by atoms with van der Waals surface area (Å²) >= 11 is 0. The van der Waals surface area contributed by atoms with E-state index in [4.69, 9.17) is 18.9 Å². The summed E-state index contributed by atoms with van der Waals surface area (Å²) in [7, 11) is 1.26. The molecule has 1 aliphatic rings. The molecule has 0 saturated carbocycles. The van der Waals surface area contributed by atoms with Gasteiger partial charge in [-0.25, -0.2) is 19.7 Å². The first-order valence-electron chi connectivity index (χ1n) is 17.0. The number of imidazole rings is 1. The number of benzene rings is 2. The van der Waals surface area contributed by atoms with Crippen molar-refractivity contribution in [1.29, 1.82) is 0 Å². The lowest BCUT2D eigenvalue weighted by atomic mass is 9.87. The highest BCUT2D eigenvalue weighted by molar-refractivity contribution is 6.06. The lowest BCUT2D eigenvalue weighted by molar-refractivity contribution is -0.165. The van der Waals surface area contributed by atoms with Crippen molar-refractivity contribution < 1.29 is 42.9 Å². The summed E-state index contributed by atoms with van der Waals surface area (Å²) in [6.45, 7) is 3.84. The molecular weight excluding hydrogens is 672 g/mol. The fraction of sp³-hybridized carbons (Fsp3) is 0.405. The van der Waals surface area contributed by atoms with E-state index in [2.05, 4.69) is 25.6 Å². The minimum absolute atomic E-state index is 0.109. The van der Waals surface area contributed by atoms with Crippen LogP contribution in [0.1, 0.15) is 68.6 Å². The van der Waals surface area contributed by atoms with Gasteiger partial charge in [-0.05, 0) is 55.7 Å². The maximum atomic E-state index is 12.9. The number of carbonyl (C=O) groups excluding carboxylic acids is 5. The van der Waals surface area contributed by atoms with Crippen LogP contribution in [0.4, 0.5) is 5.82 Å². The van der Waals surface area contributed by atoms with Crippen molar-refractivity contribution in [1.82, 2.24) is 24.8 Å². The van der Waals surface area contributed by atoms with E-state index in [1.54, 1.807) is 34.9 Å². The Labute approximate surface area is 300 Å². The van der Waals surface area contributed by atoms with Crippen LogP contribution in [-0.2, 0) is 44.5 Å². The fourth-order valence-corrected chi connectivity index (χ4v) is 6.43. The average Bonchev–Trinajstić information content (AvgIpc) is 3.70. The molecule has 0 bridgehead atoms. The van der Waals surface area contributed by atoms with Gasteiger partial charge in [0, 0.05) is 26.3 Å². The summed E-state index contributed by atoms with van der Waals surface area (Å²) in [6, 6.07) is 17.7. The Kier molecular flexibility index (Phi) is 12.6. The third-order valence-corrected chi connectivity index (χ3v) is 8.77. The zero-order valence-electron chi connectivity index (χ0n) is 29.4. The Hall–Kier alpha value is -5.70.